The lowest BCUT2D eigenvalue weighted by Gasteiger charge is -2.09. The van der Waals surface area contributed by atoms with E-state index in [9.17, 15) is 0 Å². The fourth-order valence-corrected chi connectivity index (χ4v) is 4.57. The fraction of sp³-hybridized carbons (Fsp3) is 0.0625. The lowest BCUT2D eigenvalue weighted by Crippen LogP contribution is -1.88. The zero-order chi connectivity index (χ0) is 22.9. The predicted octanol–water partition coefficient (Wildman–Crippen LogP) is 8.35. The first-order chi connectivity index (χ1) is 16.8. The van der Waals surface area contributed by atoms with E-state index in [-0.39, 0.29) is 0 Å². The highest BCUT2D eigenvalue weighted by Gasteiger charge is 2.08. The third kappa shape index (κ3) is 3.74. The van der Waals surface area contributed by atoms with Gasteiger partial charge in [-0.05, 0) is 63.7 Å². The largest absolute Gasteiger partial charge is 0.256 e. The zero-order valence-corrected chi connectivity index (χ0v) is 19.1. The summed E-state index contributed by atoms with van der Waals surface area (Å²) in [7, 11) is 0. The first kappa shape index (κ1) is 20.3. The molecule has 2 nitrogen and oxygen atoms in total. The van der Waals surface area contributed by atoms with E-state index in [2.05, 4.69) is 109 Å². The van der Waals surface area contributed by atoms with E-state index >= 15 is 0 Å². The highest BCUT2D eigenvalue weighted by Crippen LogP contribution is 2.30. The number of pyridine rings is 2. The van der Waals surface area contributed by atoms with Crippen LogP contribution < -0.4 is 0 Å². The molecule has 0 saturated heterocycles. The van der Waals surface area contributed by atoms with Gasteiger partial charge in [0.1, 0.15) is 0 Å². The lowest BCUT2D eigenvalue weighted by atomic mass is 9.97. The second-order valence-corrected chi connectivity index (χ2v) is 8.64. The molecule has 2 heteroatoms. The number of benzene rings is 4. The molecule has 162 valence electrons. The van der Waals surface area contributed by atoms with Crippen LogP contribution in [0.25, 0.3) is 55.2 Å². The summed E-state index contributed by atoms with van der Waals surface area (Å²) < 4.78 is 0. The van der Waals surface area contributed by atoms with Gasteiger partial charge in [0.05, 0.1) is 11.2 Å². The Morgan fingerprint density at radius 1 is 0.559 bits per heavy atom. The minimum atomic E-state index is 0.937. The molecule has 0 atom stereocenters. The number of aromatic nitrogens is 2. The Balaban J connectivity index is 1.35. The number of fused-ring (bicyclic) bond motifs is 2. The van der Waals surface area contributed by atoms with E-state index in [1.165, 1.54) is 33.0 Å². The molecular weight excluding hydrogens is 412 g/mol. The minimum absolute atomic E-state index is 0.937. The maximum Gasteiger partial charge on any atom is 0.0795 e. The SMILES string of the molecule is CCc1ccc(-c2ccc3ccc(-c4ccc(-c5cccc6cccnc56)nc4)cc3c2)cc1. The van der Waals surface area contributed by atoms with Gasteiger partial charge in [-0.3, -0.25) is 9.97 Å². The van der Waals surface area contributed by atoms with E-state index in [1.807, 2.05) is 18.5 Å². The topological polar surface area (TPSA) is 25.8 Å². The van der Waals surface area contributed by atoms with Crippen molar-refractivity contribution in [2.24, 2.45) is 0 Å². The maximum atomic E-state index is 4.80. The predicted molar refractivity (Wildman–Crippen MR) is 143 cm³/mol. The van der Waals surface area contributed by atoms with Crippen LogP contribution in [0.4, 0.5) is 0 Å². The van der Waals surface area contributed by atoms with E-state index < -0.39 is 0 Å². The molecule has 4 aromatic carbocycles. The third-order valence-corrected chi connectivity index (χ3v) is 6.54. The van der Waals surface area contributed by atoms with Gasteiger partial charge in [-0.2, -0.15) is 0 Å². The van der Waals surface area contributed by atoms with Gasteiger partial charge >= 0.3 is 0 Å². The van der Waals surface area contributed by atoms with Gasteiger partial charge in [-0.1, -0.05) is 85.8 Å². The molecule has 0 radical (unpaired) electrons. The fourth-order valence-electron chi connectivity index (χ4n) is 4.57. The molecule has 0 amide bonds. The number of hydrogen-bond acceptors (Lipinski definition) is 2. The van der Waals surface area contributed by atoms with Crippen LogP contribution in [0.5, 0.6) is 0 Å². The van der Waals surface area contributed by atoms with Crippen molar-refractivity contribution in [2.45, 2.75) is 13.3 Å². The minimum Gasteiger partial charge on any atom is -0.256 e. The van der Waals surface area contributed by atoms with Crippen LogP contribution in [0.15, 0.2) is 116 Å². The van der Waals surface area contributed by atoms with Crippen LogP contribution in [-0.2, 0) is 6.42 Å². The van der Waals surface area contributed by atoms with Crippen molar-refractivity contribution in [3.63, 3.8) is 0 Å². The number of para-hydroxylation sites is 1. The molecule has 6 rings (SSSR count). The lowest BCUT2D eigenvalue weighted by molar-refractivity contribution is 1.14. The van der Waals surface area contributed by atoms with Crippen LogP contribution in [0.2, 0.25) is 0 Å². The zero-order valence-electron chi connectivity index (χ0n) is 19.1. The van der Waals surface area contributed by atoms with E-state index in [1.54, 1.807) is 0 Å². The van der Waals surface area contributed by atoms with Gasteiger partial charge in [0.2, 0.25) is 0 Å². The van der Waals surface area contributed by atoms with E-state index in [0.717, 1.165) is 34.1 Å². The molecule has 0 aliphatic rings. The van der Waals surface area contributed by atoms with Gasteiger partial charge < -0.3 is 0 Å². The molecule has 0 saturated carbocycles. The van der Waals surface area contributed by atoms with Crippen molar-refractivity contribution < 1.29 is 0 Å². The summed E-state index contributed by atoms with van der Waals surface area (Å²) in [4.78, 5) is 9.37. The first-order valence-corrected chi connectivity index (χ1v) is 11.7. The second-order valence-electron chi connectivity index (χ2n) is 8.64. The Morgan fingerprint density at radius 2 is 1.26 bits per heavy atom. The van der Waals surface area contributed by atoms with E-state index in [0.29, 0.717) is 0 Å². The van der Waals surface area contributed by atoms with E-state index in [4.69, 9.17) is 4.98 Å². The maximum absolute atomic E-state index is 4.80. The molecule has 34 heavy (non-hydrogen) atoms. The highest BCUT2D eigenvalue weighted by atomic mass is 14.7. The molecule has 0 bridgehead atoms. The summed E-state index contributed by atoms with van der Waals surface area (Å²) >= 11 is 0. The molecule has 0 unspecified atom stereocenters. The molecule has 0 N–H and O–H groups in total. The Hall–Kier alpha value is -4.30. The normalized spacial score (nSPS) is 11.2. The van der Waals surface area contributed by atoms with Crippen molar-refractivity contribution >= 4 is 21.7 Å². The summed E-state index contributed by atoms with van der Waals surface area (Å²) in [5, 5.41) is 3.60. The quantitative estimate of drug-likeness (QED) is 0.277. The molecule has 0 aliphatic heterocycles. The molecule has 6 aromatic rings. The summed E-state index contributed by atoms with van der Waals surface area (Å²) in [5.74, 6) is 0. The molecule has 0 aliphatic carbocycles. The molecule has 0 fully saturated rings. The van der Waals surface area contributed by atoms with Crippen LogP contribution in [-0.4, -0.2) is 9.97 Å². The standard InChI is InChI=1S/C32H24N2/c1-2-22-8-10-23(11-9-22)26-14-12-24-13-15-27(20-29(24)19-26)28-16-17-31(34-21-28)30-7-3-5-25-6-4-18-33-32(25)30/h3-21H,2H2,1H3. The van der Waals surface area contributed by atoms with Crippen molar-refractivity contribution in [3.8, 4) is 33.5 Å². The van der Waals surface area contributed by atoms with Gasteiger partial charge in [-0.25, -0.2) is 0 Å². The summed E-state index contributed by atoms with van der Waals surface area (Å²) in [5.41, 5.74) is 9.10. The number of nitrogens with zero attached hydrogens (tertiary/aromatic N) is 2. The Bertz CT molecular complexity index is 1610. The average Bonchev–Trinajstić information content (AvgIpc) is 2.92. The monoisotopic (exact) mass is 436 g/mol. The Kier molecular flexibility index (Phi) is 5.12. The molecule has 2 aromatic heterocycles. The smallest absolute Gasteiger partial charge is 0.0795 e. The van der Waals surface area contributed by atoms with Gasteiger partial charge in [0.25, 0.3) is 0 Å². The van der Waals surface area contributed by atoms with Crippen molar-refractivity contribution in [1.29, 1.82) is 0 Å². The second kappa shape index (κ2) is 8.57. The summed E-state index contributed by atoms with van der Waals surface area (Å²) in [6.07, 6.45) is 4.86. The van der Waals surface area contributed by atoms with Crippen LogP contribution >= 0.6 is 0 Å². The van der Waals surface area contributed by atoms with Crippen molar-refractivity contribution in [3.05, 3.63) is 121 Å². The number of rotatable bonds is 4. The number of aryl methyl sites for hydroxylation is 1. The van der Waals surface area contributed by atoms with Crippen molar-refractivity contribution in [1.82, 2.24) is 9.97 Å². The Morgan fingerprint density at radius 3 is 2.00 bits per heavy atom. The van der Waals surface area contributed by atoms with Crippen LogP contribution in [0, 0.1) is 0 Å². The third-order valence-electron chi connectivity index (χ3n) is 6.54. The molecular formula is C32H24N2. The summed E-state index contributed by atoms with van der Waals surface area (Å²) in [6.45, 7) is 2.19. The van der Waals surface area contributed by atoms with Crippen LogP contribution in [0.1, 0.15) is 12.5 Å². The van der Waals surface area contributed by atoms with Gasteiger partial charge in [0.15, 0.2) is 0 Å². The highest BCUT2D eigenvalue weighted by molar-refractivity contribution is 5.93. The first-order valence-electron chi connectivity index (χ1n) is 11.7. The van der Waals surface area contributed by atoms with Crippen molar-refractivity contribution in [2.75, 3.05) is 0 Å². The summed E-state index contributed by atoms with van der Waals surface area (Å²) in [6, 6.07) is 36.7. The number of hydrogen-bond donors (Lipinski definition) is 0. The van der Waals surface area contributed by atoms with Gasteiger partial charge in [-0.15, -0.1) is 0 Å². The average molecular weight is 437 g/mol. The molecule has 0 spiro atoms. The molecule has 2 heterocycles. The Labute approximate surface area is 199 Å². The van der Waals surface area contributed by atoms with Gasteiger partial charge in [0, 0.05) is 28.9 Å². The van der Waals surface area contributed by atoms with Crippen LogP contribution in [0.3, 0.4) is 0 Å².